The molecule has 0 bridgehead atoms. The largest absolute Gasteiger partial charge is 0.476 e. The Morgan fingerprint density at radius 3 is 0.745 bits per heavy atom. The molecule has 544 valence electrons. The highest BCUT2D eigenvalue weighted by atomic mass is 16.4. The van der Waals surface area contributed by atoms with Gasteiger partial charge in [-0.05, 0) is 83.9 Å². The zero-order valence-electron chi connectivity index (χ0n) is 56.0. The summed E-state index contributed by atoms with van der Waals surface area (Å²) in [4.78, 5) is 134. The second kappa shape index (κ2) is 47.8. The zero-order valence-corrected chi connectivity index (χ0v) is 56.0. The van der Waals surface area contributed by atoms with E-state index < -0.39 is 126 Å². The molecule has 6 atom stereocenters. The lowest BCUT2D eigenvalue weighted by Gasteiger charge is -2.16. The fourth-order valence-electron chi connectivity index (χ4n) is 8.34. The maximum absolute atomic E-state index is 12.1. The average Bonchev–Trinajstić information content (AvgIpc) is 0.831. The van der Waals surface area contributed by atoms with Crippen LogP contribution >= 0.6 is 0 Å². The summed E-state index contributed by atoms with van der Waals surface area (Å²) in [5.41, 5.74) is 21.2. The molecule has 0 aliphatic carbocycles. The van der Waals surface area contributed by atoms with E-state index in [2.05, 4.69) is 31.9 Å². The molecular formula is C62H84B6N10O24. The molecule has 6 rings (SSSR count). The van der Waals surface area contributed by atoms with Crippen LogP contribution in [-0.4, -0.2) is 209 Å². The Labute approximate surface area is 587 Å². The van der Waals surface area contributed by atoms with Gasteiger partial charge in [0.1, 0.15) is 11.6 Å². The van der Waals surface area contributed by atoms with Crippen molar-refractivity contribution in [2.75, 3.05) is 0 Å². The van der Waals surface area contributed by atoms with E-state index in [1.807, 2.05) is 54.6 Å². The molecule has 0 unspecified atom stereocenters. The first kappa shape index (κ1) is 89.8. The SMILES string of the molecule is CC(=O)C[C@H](NC(=O)c1ccc2ccccc2c1)B(O)O.CCC(=O)N[C@@H](CC(C)=O)B(O)O.CCC(=O)N[C@H](CC(N)=O)B(O)O.NC(=O)C[C@@H](NC(=O)c1ccc2ccccc2c1)B(O)O.NC(=O)C[C@@H](NC(=O)c1ccccc1)B(O)O.NC(=O)C[C@H](NC(=O)c1ccccc1)B(O)O. The average molecular weight is 1420 g/mol. The molecule has 10 amide bonds. The molecule has 6 aromatic carbocycles. The number of ketones is 2. The van der Waals surface area contributed by atoms with Gasteiger partial charge in [-0.1, -0.05) is 111 Å². The highest BCUT2D eigenvalue weighted by molar-refractivity contribution is 6.46. The monoisotopic (exact) mass is 1420 g/mol. The van der Waals surface area contributed by atoms with Crippen molar-refractivity contribution >= 4 is 135 Å². The van der Waals surface area contributed by atoms with Gasteiger partial charge in [-0.15, -0.1) is 0 Å². The molecule has 102 heavy (non-hydrogen) atoms. The van der Waals surface area contributed by atoms with E-state index in [1.165, 1.54) is 13.8 Å². The van der Waals surface area contributed by atoms with Crippen LogP contribution in [0.4, 0.5) is 0 Å². The van der Waals surface area contributed by atoms with Crippen molar-refractivity contribution in [3.05, 3.63) is 168 Å². The summed E-state index contributed by atoms with van der Waals surface area (Å²) in [6, 6.07) is 41.9. The number of carbonyl (C=O) groups is 12. The number of benzene rings is 6. The first-order valence-corrected chi connectivity index (χ1v) is 31.1. The quantitative estimate of drug-likeness (QED) is 0.0187. The van der Waals surface area contributed by atoms with Gasteiger partial charge >= 0.3 is 42.7 Å². The van der Waals surface area contributed by atoms with Gasteiger partial charge in [0.15, 0.2) is 0 Å². The van der Waals surface area contributed by atoms with Gasteiger partial charge in [-0.2, -0.15) is 0 Å². The number of hydrogen-bond acceptors (Lipinski definition) is 24. The number of amides is 10. The van der Waals surface area contributed by atoms with Gasteiger partial charge in [0.2, 0.25) is 35.4 Å². The maximum atomic E-state index is 12.1. The van der Waals surface area contributed by atoms with Crippen LogP contribution in [0.3, 0.4) is 0 Å². The summed E-state index contributed by atoms with van der Waals surface area (Å²) in [7, 11) is -10.8. The minimum absolute atomic E-state index is 0.0661. The van der Waals surface area contributed by atoms with E-state index in [9.17, 15) is 67.6 Å². The third-order valence-corrected chi connectivity index (χ3v) is 13.6. The lowest BCUT2D eigenvalue weighted by molar-refractivity contribution is -0.123. The molecule has 0 spiro atoms. The lowest BCUT2D eigenvalue weighted by atomic mass is 9.76. The van der Waals surface area contributed by atoms with Crippen LogP contribution < -0.4 is 54.8 Å². The second-order valence-corrected chi connectivity index (χ2v) is 22.2. The minimum Gasteiger partial charge on any atom is -0.426 e. The third-order valence-electron chi connectivity index (χ3n) is 13.6. The Balaban J connectivity index is 0.000000619. The number of rotatable bonds is 30. The summed E-state index contributed by atoms with van der Waals surface area (Å²) in [6.45, 7) is 5.91. The van der Waals surface area contributed by atoms with Crippen LogP contribution in [0.2, 0.25) is 0 Å². The summed E-state index contributed by atoms with van der Waals surface area (Å²) < 4.78 is 0. The van der Waals surface area contributed by atoms with Crippen molar-refractivity contribution in [2.45, 2.75) is 115 Å². The molecule has 0 aliphatic rings. The van der Waals surface area contributed by atoms with Crippen LogP contribution in [0, 0.1) is 0 Å². The van der Waals surface area contributed by atoms with Gasteiger partial charge in [0.05, 0.1) is 35.6 Å². The summed E-state index contributed by atoms with van der Waals surface area (Å²) in [5.74, 6) is -12.2. The number of fused-ring (bicyclic) bond motifs is 2. The lowest BCUT2D eigenvalue weighted by Crippen LogP contribution is -2.48. The van der Waals surface area contributed by atoms with E-state index in [-0.39, 0.29) is 74.7 Å². The standard InChI is InChI=1S/C15H16BNO4.C14H15BN2O4.2C10H13BN2O4.C7H14BNO4.C6H13BN2O4/c1-10(18)8-14(16(20)21)17-15(19)13-7-6-11-4-2-3-5-12(11)9-13;16-13(18)8-12(15(20)21)17-14(19)11-6-5-9-3-1-2-4-10(9)7-11;2*12-9(14)6-8(11(16)17)13-10(15)7-4-2-1-3-5-7;1-3-7(11)9-6(8(12)13)4-5(2)10;1-2-6(11)9-4(7(12)13)3-5(8)10/h2-7,9,14,20-21H,8H2,1H3,(H,17,19);1-7,12,20-21H,8H2,(H2,16,18)(H,17,19);2*1-5,8,16-17H,6H2,(H2,12,14)(H,13,15);6,12-13H,3-4H2,1-2H3,(H,9,11);4,12-13H,2-3H2,1H3,(H2,8,10)(H,9,11)/t14-;12-;2*8-;6-;4-/m011001/s1. The molecule has 0 aromatic heterocycles. The second-order valence-electron chi connectivity index (χ2n) is 22.2. The van der Waals surface area contributed by atoms with E-state index in [0.29, 0.717) is 22.3 Å². The highest BCUT2D eigenvalue weighted by Gasteiger charge is 2.32. The third kappa shape index (κ3) is 37.3. The van der Waals surface area contributed by atoms with Crippen LogP contribution in [0.15, 0.2) is 146 Å². The van der Waals surface area contributed by atoms with Crippen LogP contribution in [0.1, 0.15) is 120 Å². The van der Waals surface area contributed by atoms with Crippen LogP contribution in [0.25, 0.3) is 21.5 Å². The maximum Gasteiger partial charge on any atom is 0.476 e. The van der Waals surface area contributed by atoms with Crippen molar-refractivity contribution in [1.82, 2.24) is 31.9 Å². The van der Waals surface area contributed by atoms with Gasteiger partial charge in [0.25, 0.3) is 23.6 Å². The number of carbonyl (C=O) groups excluding carboxylic acids is 12. The predicted molar refractivity (Wildman–Crippen MR) is 377 cm³/mol. The van der Waals surface area contributed by atoms with Crippen molar-refractivity contribution in [1.29, 1.82) is 0 Å². The van der Waals surface area contributed by atoms with Crippen molar-refractivity contribution in [3.63, 3.8) is 0 Å². The molecule has 0 saturated carbocycles. The van der Waals surface area contributed by atoms with Crippen molar-refractivity contribution in [3.8, 4) is 0 Å². The molecule has 0 aliphatic heterocycles. The number of nitrogens with one attached hydrogen (secondary N) is 6. The van der Waals surface area contributed by atoms with Gasteiger partial charge < -0.3 is 115 Å². The molecule has 34 nitrogen and oxygen atoms in total. The van der Waals surface area contributed by atoms with E-state index in [1.54, 1.807) is 105 Å². The Bertz CT molecular complexity index is 3470. The van der Waals surface area contributed by atoms with Crippen LogP contribution in [-0.2, 0) is 38.4 Å². The first-order chi connectivity index (χ1) is 47.9. The van der Waals surface area contributed by atoms with E-state index in [0.717, 1.165) is 21.5 Å². The fraction of sp³-hybridized carbons (Fsp3) is 0.290. The first-order valence-electron chi connectivity index (χ1n) is 31.1. The Kier molecular flexibility index (Phi) is 42.1. The highest BCUT2D eigenvalue weighted by Crippen LogP contribution is 2.18. The Morgan fingerprint density at radius 1 is 0.294 bits per heavy atom. The zero-order chi connectivity index (χ0) is 77.3. The van der Waals surface area contributed by atoms with Crippen LogP contribution in [0.5, 0.6) is 0 Å². The van der Waals surface area contributed by atoms with Gasteiger partial charge in [0, 0.05) is 73.6 Å². The normalized spacial score (nSPS) is 11.8. The number of primary amides is 4. The Morgan fingerprint density at radius 2 is 0.510 bits per heavy atom. The predicted octanol–water partition coefficient (Wildman–Crippen LogP) is -5.26. The number of hydrogen-bond donors (Lipinski definition) is 22. The van der Waals surface area contributed by atoms with E-state index >= 15 is 0 Å². The van der Waals surface area contributed by atoms with E-state index in [4.69, 9.17) is 73.2 Å². The molecule has 6 aromatic rings. The van der Waals surface area contributed by atoms with Gasteiger partial charge in [-0.25, -0.2) is 0 Å². The molecular weight excluding hydrogens is 1330 g/mol. The minimum atomic E-state index is -1.86. The van der Waals surface area contributed by atoms with Crippen molar-refractivity contribution in [2.24, 2.45) is 22.9 Å². The molecule has 0 fully saturated rings. The molecule has 0 heterocycles. The Hall–Kier alpha value is -10.2. The smallest absolute Gasteiger partial charge is 0.426 e. The summed E-state index contributed by atoms with van der Waals surface area (Å²) in [6.07, 6.45) is -1.05. The summed E-state index contributed by atoms with van der Waals surface area (Å²) >= 11 is 0. The number of Topliss-reactive ketones (excluding diaryl/α,β-unsaturated/α-hetero) is 2. The molecule has 0 radical (unpaired) electrons. The molecule has 0 saturated heterocycles. The molecule has 26 N–H and O–H groups in total. The summed E-state index contributed by atoms with van der Waals surface area (Å²) in [5, 5.41) is 126. The fourth-order valence-corrected chi connectivity index (χ4v) is 8.34. The molecule has 40 heteroatoms. The topological polar surface area (TPSA) is 624 Å². The number of nitrogens with two attached hydrogens (primary N) is 4. The van der Waals surface area contributed by atoms with Gasteiger partial charge in [-0.3, -0.25) is 57.5 Å². The van der Waals surface area contributed by atoms with Crippen molar-refractivity contribution < 1.29 is 118 Å².